The Bertz CT molecular complexity index is 1290. The minimum Gasteiger partial charge on any atom is -0.491 e. The smallest absolute Gasteiger partial charge is 0.410 e. The lowest BCUT2D eigenvalue weighted by atomic mass is 10.1. The Kier molecular flexibility index (Phi) is 6.72. The van der Waals surface area contributed by atoms with E-state index in [-0.39, 0.29) is 35.5 Å². The lowest BCUT2D eigenvalue weighted by Crippen LogP contribution is -2.59. The molecule has 1 saturated heterocycles. The van der Waals surface area contributed by atoms with Gasteiger partial charge in [0, 0.05) is 31.0 Å². The zero-order valence-electron chi connectivity index (χ0n) is 18.6. The van der Waals surface area contributed by atoms with Crippen LogP contribution in [0, 0.1) is 0 Å². The number of piperazine rings is 1. The molecule has 2 aromatic carbocycles. The van der Waals surface area contributed by atoms with Gasteiger partial charge in [-0.25, -0.2) is 18.5 Å². The zero-order valence-corrected chi connectivity index (χ0v) is 19.4. The molecule has 13 heteroatoms. The van der Waals surface area contributed by atoms with Crippen LogP contribution in [0.2, 0.25) is 0 Å². The summed E-state index contributed by atoms with van der Waals surface area (Å²) in [5.41, 5.74) is 1.00. The number of ether oxygens (including phenoxy) is 1. The molecule has 186 valence electrons. The number of nitrogens with zero attached hydrogens (tertiary/aromatic N) is 4. The fraction of sp³-hybridized carbons (Fsp3) is 0.273. The van der Waals surface area contributed by atoms with Crippen molar-refractivity contribution in [2.24, 2.45) is 5.14 Å². The predicted molar refractivity (Wildman–Crippen MR) is 126 cm³/mol. The average molecular weight is 509 g/mol. The number of hydrogen-bond donors (Lipinski definition) is 2. The number of benzene rings is 2. The van der Waals surface area contributed by atoms with Crippen LogP contribution >= 0.6 is 0 Å². The Hall–Kier alpha value is -3.58. The van der Waals surface area contributed by atoms with E-state index in [2.05, 4.69) is 15.3 Å². The van der Waals surface area contributed by atoms with E-state index in [1.165, 1.54) is 31.5 Å². The normalized spacial score (nSPS) is 16.8. The van der Waals surface area contributed by atoms with Crippen LogP contribution in [0.4, 0.5) is 36.3 Å². The Morgan fingerprint density at radius 1 is 1.11 bits per heavy atom. The van der Waals surface area contributed by atoms with Crippen molar-refractivity contribution in [2.45, 2.75) is 17.1 Å². The first-order valence-corrected chi connectivity index (χ1v) is 12.0. The number of sulfonamides is 1. The highest BCUT2D eigenvalue weighted by molar-refractivity contribution is 7.89. The minimum absolute atomic E-state index is 0.0253. The van der Waals surface area contributed by atoms with Crippen molar-refractivity contribution in [3.63, 3.8) is 0 Å². The molecule has 2 heterocycles. The maximum atomic E-state index is 14.2. The second kappa shape index (κ2) is 9.58. The van der Waals surface area contributed by atoms with Crippen molar-refractivity contribution >= 4 is 33.2 Å². The van der Waals surface area contributed by atoms with Crippen LogP contribution in [0.5, 0.6) is 5.75 Å². The summed E-state index contributed by atoms with van der Waals surface area (Å²) in [4.78, 5) is 11.1. The molecule has 1 aliphatic heterocycles. The molecular weight excluding hydrogens is 485 g/mol. The van der Waals surface area contributed by atoms with Crippen LogP contribution < -0.4 is 25.0 Å². The summed E-state index contributed by atoms with van der Waals surface area (Å²) in [6, 6.07) is 12.7. The lowest BCUT2D eigenvalue weighted by Gasteiger charge is -2.43. The number of halogens is 3. The molecule has 1 fully saturated rings. The summed E-state index contributed by atoms with van der Waals surface area (Å²) >= 11 is 0. The van der Waals surface area contributed by atoms with Gasteiger partial charge in [0.15, 0.2) is 11.6 Å². The van der Waals surface area contributed by atoms with Crippen LogP contribution in [0.1, 0.15) is 0 Å². The van der Waals surface area contributed by atoms with Crippen molar-refractivity contribution < 1.29 is 26.3 Å². The van der Waals surface area contributed by atoms with Gasteiger partial charge in [0.25, 0.3) is 0 Å². The van der Waals surface area contributed by atoms with Crippen LogP contribution in [0.15, 0.2) is 65.7 Å². The van der Waals surface area contributed by atoms with E-state index in [0.717, 1.165) is 4.90 Å². The maximum Gasteiger partial charge on any atom is 0.410 e. The number of aromatic nitrogens is 2. The fourth-order valence-corrected chi connectivity index (χ4v) is 4.40. The summed E-state index contributed by atoms with van der Waals surface area (Å²) in [6.45, 7) is 0.0789. The highest BCUT2D eigenvalue weighted by Crippen LogP contribution is 2.36. The molecular formula is C22H23F3N6O3S. The molecule has 4 rings (SSSR count). The lowest BCUT2D eigenvalue weighted by molar-refractivity contribution is -0.148. The first-order valence-electron chi connectivity index (χ1n) is 10.5. The Labute approximate surface area is 200 Å². The van der Waals surface area contributed by atoms with Gasteiger partial charge in [0.1, 0.15) is 6.04 Å². The molecule has 0 aliphatic carbocycles. The molecule has 3 N–H and O–H groups in total. The maximum absolute atomic E-state index is 14.2. The van der Waals surface area contributed by atoms with Gasteiger partial charge >= 0.3 is 6.18 Å². The fourth-order valence-electron chi connectivity index (χ4n) is 3.84. The number of alkyl halides is 3. The molecule has 0 saturated carbocycles. The van der Waals surface area contributed by atoms with Gasteiger partial charge in [0.2, 0.25) is 16.0 Å². The molecule has 9 nitrogen and oxygen atoms in total. The molecule has 1 aromatic heterocycles. The summed E-state index contributed by atoms with van der Waals surface area (Å²) in [5, 5.41) is 7.99. The molecule has 0 amide bonds. The van der Waals surface area contributed by atoms with E-state index in [1.807, 2.05) is 0 Å². The van der Waals surface area contributed by atoms with Crippen molar-refractivity contribution in [2.75, 3.05) is 41.9 Å². The molecule has 35 heavy (non-hydrogen) atoms. The van der Waals surface area contributed by atoms with E-state index in [1.54, 1.807) is 41.3 Å². The molecule has 1 aliphatic rings. The number of nitrogens with two attached hydrogens (primary N) is 1. The monoisotopic (exact) mass is 508 g/mol. The SMILES string of the molecule is COc1cnc(Nc2cccc(S(N)(=O)=O)c2)nc1N1CCN(c2ccccc2)C[C@H]1C(F)(F)F. The number of primary sulfonamides is 1. The van der Waals surface area contributed by atoms with E-state index in [9.17, 15) is 21.6 Å². The summed E-state index contributed by atoms with van der Waals surface area (Å²) in [7, 11) is -2.62. The number of para-hydroxylation sites is 1. The molecule has 0 radical (unpaired) electrons. The molecule has 1 atom stereocenters. The summed E-state index contributed by atoms with van der Waals surface area (Å²) in [6.07, 6.45) is -3.27. The minimum atomic E-state index is -4.54. The third-order valence-corrected chi connectivity index (χ3v) is 6.44. The van der Waals surface area contributed by atoms with E-state index >= 15 is 0 Å². The average Bonchev–Trinajstić information content (AvgIpc) is 2.83. The molecule has 0 spiro atoms. The summed E-state index contributed by atoms with van der Waals surface area (Å²) < 4.78 is 71.0. The van der Waals surface area contributed by atoms with Crippen molar-refractivity contribution in [3.8, 4) is 5.75 Å². The molecule has 3 aromatic rings. The summed E-state index contributed by atoms with van der Waals surface area (Å²) in [5.74, 6) is 0.0256. The second-order valence-electron chi connectivity index (χ2n) is 7.82. The van der Waals surface area contributed by atoms with Crippen LogP contribution in [0.3, 0.4) is 0 Å². The zero-order chi connectivity index (χ0) is 25.2. The standard InChI is InChI=1S/C22H23F3N6O3S/c1-34-18-13-27-21(28-15-6-5-9-17(12-15)35(26,32)33)29-20(18)31-11-10-30(14-19(31)22(23,24)25)16-7-3-2-4-8-16/h2-9,12-13,19H,10-11,14H2,1H3,(H2,26,32,33)(H,27,28,29)/t19-/m0/s1. The van der Waals surface area contributed by atoms with E-state index in [0.29, 0.717) is 17.9 Å². The third kappa shape index (κ3) is 5.57. The second-order valence-corrected chi connectivity index (χ2v) is 9.38. The number of anilines is 4. The first-order chi connectivity index (χ1) is 16.6. The highest BCUT2D eigenvalue weighted by Gasteiger charge is 2.48. The quantitative estimate of drug-likeness (QED) is 0.522. The Morgan fingerprint density at radius 3 is 2.51 bits per heavy atom. The van der Waals surface area contributed by atoms with Gasteiger partial charge in [-0.2, -0.15) is 18.2 Å². The van der Waals surface area contributed by atoms with Gasteiger partial charge in [-0.15, -0.1) is 0 Å². The largest absolute Gasteiger partial charge is 0.491 e. The number of hydrogen-bond acceptors (Lipinski definition) is 8. The van der Waals surface area contributed by atoms with Gasteiger partial charge < -0.3 is 19.9 Å². The van der Waals surface area contributed by atoms with E-state index < -0.39 is 22.2 Å². The van der Waals surface area contributed by atoms with Gasteiger partial charge in [0.05, 0.1) is 18.2 Å². The van der Waals surface area contributed by atoms with Gasteiger partial charge in [-0.3, -0.25) is 0 Å². The van der Waals surface area contributed by atoms with Crippen molar-refractivity contribution in [1.29, 1.82) is 0 Å². The first kappa shape index (κ1) is 24.5. The van der Waals surface area contributed by atoms with E-state index in [4.69, 9.17) is 9.88 Å². The van der Waals surface area contributed by atoms with Gasteiger partial charge in [-0.1, -0.05) is 24.3 Å². The van der Waals surface area contributed by atoms with Crippen molar-refractivity contribution in [1.82, 2.24) is 9.97 Å². The molecule has 0 unspecified atom stereocenters. The Balaban J connectivity index is 1.66. The third-order valence-electron chi connectivity index (χ3n) is 5.53. The number of rotatable bonds is 6. The van der Waals surface area contributed by atoms with Gasteiger partial charge in [-0.05, 0) is 30.3 Å². The molecule has 0 bridgehead atoms. The highest BCUT2D eigenvalue weighted by atomic mass is 32.2. The topological polar surface area (TPSA) is 114 Å². The van der Waals surface area contributed by atoms with Crippen LogP contribution in [-0.2, 0) is 10.0 Å². The number of methoxy groups -OCH3 is 1. The Morgan fingerprint density at radius 2 is 1.86 bits per heavy atom. The predicted octanol–water partition coefficient (Wildman–Crippen LogP) is 3.13. The van der Waals surface area contributed by atoms with Crippen LogP contribution in [-0.4, -0.2) is 57.3 Å². The van der Waals surface area contributed by atoms with Crippen molar-refractivity contribution in [3.05, 3.63) is 60.8 Å². The van der Waals surface area contributed by atoms with Crippen LogP contribution in [0.25, 0.3) is 0 Å². The number of nitrogens with one attached hydrogen (secondary N) is 1.